The molecule has 1 aliphatic rings. The monoisotopic (exact) mass is 256 g/mol. The topological polar surface area (TPSA) is 9.23 Å². The predicted octanol–water partition coefficient (Wildman–Crippen LogP) is 5.07. The molecule has 102 valence electrons. The molecule has 1 saturated heterocycles. The molecule has 0 amide bonds. The predicted molar refractivity (Wildman–Crippen MR) is 81.0 cm³/mol. The van der Waals surface area contributed by atoms with Crippen molar-refractivity contribution in [3.05, 3.63) is 60.7 Å². The zero-order valence-electron chi connectivity index (χ0n) is 12.1. The number of ether oxygens (including phenoxy) is 1. The summed E-state index contributed by atoms with van der Waals surface area (Å²) in [6, 6.07) is 10.5. The zero-order valence-corrected chi connectivity index (χ0v) is 12.1. The molecule has 1 aromatic rings. The molecule has 0 aliphatic carbocycles. The Morgan fingerprint density at radius 3 is 2.68 bits per heavy atom. The standard InChI is InChI=1S/C18H24O/c1-5-16-13-17(15-9-7-6-8-10-15)19-18(16,4)12-11-14(2)3/h5-10,16-17H,1-2,11-13H2,3-4H3. The summed E-state index contributed by atoms with van der Waals surface area (Å²) in [4.78, 5) is 0. The van der Waals surface area contributed by atoms with Crippen LogP contribution in [-0.4, -0.2) is 5.60 Å². The molecular formula is C18H24O. The maximum atomic E-state index is 6.38. The van der Waals surface area contributed by atoms with Crippen molar-refractivity contribution in [3.63, 3.8) is 0 Å². The molecule has 0 bridgehead atoms. The van der Waals surface area contributed by atoms with Crippen LogP contribution in [0.3, 0.4) is 0 Å². The Morgan fingerprint density at radius 2 is 2.11 bits per heavy atom. The molecule has 0 spiro atoms. The zero-order chi connectivity index (χ0) is 13.9. The second-order valence-corrected chi connectivity index (χ2v) is 5.86. The van der Waals surface area contributed by atoms with Crippen LogP contribution >= 0.6 is 0 Å². The molecule has 0 N–H and O–H groups in total. The second-order valence-electron chi connectivity index (χ2n) is 5.86. The van der Waals surface area contributed by atoms with Gasteiger partial charge < -0.3 is 4.74 Å². The van der Waals surface area contributed by atoms with E-state index in [1.807, 2.05) is 6.07 Å². The van der Waals surface area contributed by atoms with Gasteiger partial charge in [-0.2, -0.15) is 0 Å². The summed E-state index contributed by atoms with van der Waals surface area (Å²) in [7, 11) is 0. The summed E-state index contributed by atoms with van der Waals surface area (Å²) in [6.07, 6.45) is 5.31. The second kappa shape index (κ2) is 5.75. The maximum absolute atomic E-state index is 6.38. The van der Waals surface area contributed by atoms with Crippen molar-refractivity contribution in [2.45, 2.75) is 44.8 Å². The van der Waals surface area contributed by atoms with Gasteiger partial charge in [0, 0.05) is 5.92 Å². The summed E-state index contributed by atoms with van der Waals surface area (Å²) in [5.74, 6) is 0.414. The van der Waals surface area contributed by atoms with Crippen LogP contribution in [0.15, 0.2) is 55.1 Å². The smallest absolute Gasteiger partial charge is 0.0839 e. The van der Waals surface area contributed by atoms with Crippen molar-refractivity contribution < 1.29 is 4.74 Å². The first-order valence-electron chi connectivity index (χ1n) is 7.05. The van der Waals surface area contributed by atoms with Gasteiger partial charge in [-0.15, -0.1) is 13.2 Å². The summed E-state index contributed by atoms with van der Waals surface area (Å²) < 4.78 is 6.38. The van der Waals surface area contributed by atoms with Crippen molar-refractivity contribution in [2.24, 2.45) is 5.92 Å². The van der Waals surface area contributed by atoms with Crippen LogP contribution in [0.2, 0.25) is 0 Å². The molecule has 19 heavy (non-hydrogen) atoms. The third-order valence-corrected chi connectivity index (χ3v) is 4.17. The summed E-state index contributed by atoms with van der Waals surface area (Å²) in [5, 5.41) is 0. The van der Waals surface area contributed by atoms with Gasteiger partial charge in [0.1, 0.15) is 0 Å². The molecule has 3 unspecified atom stereocenters. The van der Waals surface area contributed by atoms with Crippen molar-refractivity contribution in [1.29, 1.82) is 0 Å². The first-order chi connectivity index (χ1) is 9.05. The molecule has 1 heteroatoms. The highest BCUT2D eigenvalue weighted by atomic mass is 16.5. The molecule has 1 nitrogen and oxygen atoms in total. The van der Waals surface area contributed by atoms with Gasteiger partial charge in [-0.25, -0.2) is 0 Å². The van der Waals surface area contributed by atoms with Crippen LogP contribution in [-0.2, 0) is 4.74 Å². The Hall–Kier alpha value is -1.34. The van der Waals surface area contributed by atoms with Gasteiger partial charge in [-0.3, -0.25) is 0 Å². The van der Waals surface area contributed by atoms with E-state index in [2.05, 4.69) is 57.3 Å². The van der Waals surface area contributed by atoms with Crippen LogP contribution < -0.4 is 0 Å². The maximum Gasteiger partial charge on any atom is 0.0839 e. The number of benzene rings is 1. The van der Waals surface area contributed by atoms with Crippen LogP contribution in [0.4, 0.5) is 0 Å². The Balaban J connectivity index is 2.13. The van der Waals surface area contributed by atoms with E-state index >= 15 is 0 Å². The van der Waals surface area contributed by atoms with E-state index < -0.39 is 0 Å². The Labute approximate surface area is 117 Å². The van der Waals surface area contributed by atoms with Crippen molar-refractivity contribution in [1.82, 2.24) is 0 Å². The van der Waals surface area contributed by atoms with Crippen LogP contribution in [0.5, 0.6) is 0 Å². The average molecular weight is 256 g/mol. The molecule has 0 aromatic heterocycles. The summed E-state index contributed by atoms with van der Waals surface area (Å²) in [6.45, 7) is 12.3. The highest BCUT2D eigenvalue weighted by Crippen LogP contribution is 2.46. The van der Waals surface area contributed by atoms with Gasteiger partial charge in [0.2, 0.25) is 0 Å². The van der Waals surface area contributed by atoms with E-state index in [1.54, 1.807) is 0 Å². The largest absolute Gasteiger partial charge is 0.367 e. The lowest BCUT2D eigenvalue weighted by Gasteiger charge is -2.29. The van der Waals surface area contributed by atoms with Crippen LogP contribution in [0.25, 0.3) is 0 Å². The molecule has 3 atom stereocenters. The van der Waals surface area contributed by atoms with Gasteiger partial charge >= 0.3 is 0 Å². The number of allylic oxidation sites excluding steroid dienone is 1. The molecule has 1 fully saturated rings. The number of hydrogen-bond donors (Lipinski definition) is 0. The van der Waals surface area contributed by atoms with Crippen molar-refractivity contribution in [2.75, 3.05) is 0 Å². The highest BCUT2D eigenvalue weighted by Gasteiger charge is 2.43. The van der Waals surface area contributed by atoms with Gasteiger partial charge in [-0.05, 0) is 38.7 Å². The minimum atomic E-state index is -0.110. The lowest BCUT2D eigenvalue weighted by molar-refractivity contribution is -0.0451. The molecule has 1 heterocycles. The fourth-order valence-electron chi connectivity index (χ4n) is 2.86. The first-order valence-corrected chi connectivity index (χ1v) is 7.05. The average Bonchev–Trinajstić information content (AvgIpc) is 2.75. The van der Waals surface area contributed by atoms with Gasteiger partial charge in [0.05, 0.1) is 11.7 Å². The van der Waals surface area contributed by atoms with Gasteiger partial charge in [0.15, 0.2) is 0 Å². The van der Waals surface area contributed by atoms with Gasteiger partial charge in [-0.1, -0.05) is 42.0 Å². The van der Waals surface area contributed by atoms with Crippen LogP contribution in [0.1, 0.15) is 44.8 Å². The fraction of sp³-hybridized carbons (Fsp3) is 0.444. The normalized spacial score (nSPS) is 30.2. The molecular weight excluding hydrogens is 232 g/mol. The Kier molecular flexibility index (Phi) is 4.26. The van der Waals surface area contributed by atoms with E-state index in [-0.39, 0.29) is 11.7 Å². The minimum absolute atomic E-state index is 0.110. The van der Waals surface area contributed by atoms with Crippen LogP contribution in [0, 0.1) is 5.92 Å². The van der Waals surface area contributed by atoms with E-state index in [4.69, 9.17) is 4.74 Å². The third kappa shape index (κ3) is 3.16. The fourth-order valence-corrected chi connectivity index (χ4v) is 2.86. The summed E-state index contributed by atoms with van der Waals surface area (Å²) in [5.41, 5.74) is 2.38. The lowest BCUT2D eigenvalue weighted by atomic mass is 9.83. The van der Waals surface area contributed by atoms with E-state index in [0.29, 0.717) is 5.92 Å². The molecule has 0 radical (unpaired) electrons. The van der Waals surface area contributed by atoms with E-state index in [0.717, 1.165) is 19.3 Å². The molecule has 2 rings (SSSR count). The van der Waals surface area contributed by atoms with Gasteiger partial charge in [0.25, 0.3) is 0 Å². The van der Waals surface area contributed by atoms with Crippen molar-refractivity contribution >= 4 is 0 Å². The number of hydrogen-bond acceptors (Lipinski definition) is 1. The SMILES string of the molecule is C=CC1CC(c2ccccc2)OC1(C)CCC(=C)C. The quantitative estimate of drug-likeness (QED) is 0.669. The molecule has 1 aromatic carbocycles. The first kappa shape index (κ1) is 14.1. The Bertz CT molecular complexity index is 448. The molecule has 0 saturated carbocycles. The lowest BCUT2D eigenvalue weighted by Crippen LogP contribution is -2.30. The van der Waals surface area contributed by atoms with Crippen molar-refractivity contribution in [3.8, 4) is 0 Å². The minimum Gasteiger partial charge on any atom is -0.367 e. The number of rotatable bonds is 5. The van der Waals surface area contributed by atoms with E-state index in [1.165, 1.54) is 11.1 Å². The Morgan fingerprint density at radius 1 is 1.42 bits per heavy atom. The highest BCUT2D eigenvalue weighted by molar-refractivity contribution is 5.20. The third-order valence-electron chi connectivity index (χ3n) is 4.17. The molecule has 1 aliphatic heterocycles. The summed E-state index contributed by atoms with van der Waals surface area (Å²) >= 11 is 0. The van der Waals surface area contributed by atoms with E-state index in [9.17, 15) is 0 Å².